The summed E-state index contributed by atoms with van der Waals surface area (Å²) in [6.45, 7) is 7.66. The summed E-state index contributed by atoms with van der Waals surface area (Å²) in [5.74, 6) is -0.170. The number of anilines is 1. The third kappa shape index (κ3) is 4.40. The number of hydrogen-bond acceptors (Lipinski definition) is 7. The summed E-state index contributed by atoms with van der Waals surface area (Å²) in [5, 5.41) is 11.7. The van der Waals surface area contributed by atoms with Crippen LogP contribution in [0.2, 0.25) is 0 Å². The van der Waals surface area contributed by atoms with Crippen molar-refractivity contribution in [2.75, 3.05) is 12.0 Å². The largest absolute Gasteiger partial charge is 0.462 e. The quantitative estimate of drug-likeness (QED) is 0.377. The summed E-state index contributed by atoms with van der Waals surface area (Å²) >= 11 is 0. The number of hydrazone groups is 1. The highest BCUT2D eigenvalue weighted by atomic mass is 16.5. The van der Waals surface area contributed by atoms with E-state index in [1.54, 1.807) is 32.2 Å². The molecule has 3 rings (SSSR count). The number of aromatic nitrogens is 4. The molecular formula is C20H22N6O3. The summed E-state index contributed by atoms with van der Waals surface area (Å²) in [4.78, 5) is 25.9. The molecular weight excluding hydrogens is 372 g/mol. The third-order valence-corrected chi connectivity index (χ3v) is 4.34. The lowest BCUT2D eigenvalue weighted by Gasteiger charge is -2.10. The molecule has 0 bridgehead atoms. The monoisotopic (exact) mass is 394 g/mol. The number of rotatable bonds is 6. The first-order valence-electron chi connectivity index (χ1n) is 9.10. The molecule has 2 aromatic heterocycles. The number of aryl methyl sites for hydroxylation is 2. The number of H-pyrrole nitrogens is 1. The van der Waals surface area contributed by atoms with E-state index in [1.165, 1.54) is 0 Å². The van der Waals surface area contributed by atoms with Crippen LogP contribution in [0.1, 0.15) is 39.9 Å². The maximum absolute atomic E-state index is 11.8. The van der Waals surface area contributed by atoms with Crippen LogP contribution in [0.5, 0.6) is 0 Å². The second kappa shape index (κ2) is 8.51. The van der Waals surface area contributed by atoms with Gasteiger partial charge in [-0.1, -0.05) is 0 Å². The fourth-order valence-electron chi connectivity index (χ4n) is 2.88. The Morgan fingerprint density at radius 3 is 2.62 bits per heavy atom. The minimum atomic E-state index is -0.337. The van der Waals surface area contributed by atoms with Gasteiger partial charge < -0.3 is 9.30 Å². The molecule has 9 heteroatoms. The van der Waals surface area contributed by atoms with E-state index in [2.05, 4.69) is 30.3 Å². The first kappa shape index (κ1) is 20.0. The molecule has 0 radical (unpaired) electrons. The van der Waals surface area contributed by atoms with E-state index in [-0.39, 0.29) is 23.2 Å². The van der Waals surface area contributed by atoms with E-state index in [4.69, 9.17) is 4.74 Å². The number of benzene rings is 1. The predicted octanol–water partition coefficient (Wildman–Crippen LogP) is 2.50. The molecule has 2 N–H and O–H groups in total. The minimum absolute atomic E-state index is 0.167. The van der Waals surface area contributed by atoms with Crippen molar-refractivity contribution in [1.29, 1.82) is 0 Å². The molecule has 150 valence electrons. The molecule has 0 aliphatic rings. The van der Waals surface area contributed by atoms with Crippen LogP contribution >= 0.6 is 0 Å². The van der Waals surface area contributed by atoms with Crippen molar-refractivity contribution in [2.45, 2.75) is 27.7 Å². The standard InChI is InChI=1S/C20H22N6O3/c1-5-29-19(28)15-6-8-17(9-7-15)26-12(2)10-16(14(26)4)11-21-24-20-22-18(27)13(3)23-25-20/h6-11H,5H2,1-4H3,(H2,22,24,25,27)/b21-11-. The zero-order chi connectivity index (χ0) is 21.0. The van der Waals surface area contributed by atoms with E-state index >= 15 is 0 Å². The van der Waals surface area contributed by atoms with E-state index in [0.29, 0.717) is 12.2 Å². The van der Waals surface area contributed by atoms with Gasteiger partial charge in [0.2, 0.25) is 5.95 Å². The first-order valence-corrected chi connectivity index (χ1v) is 9.10. The zero-order valence-electron chi connectivity index (χ0n) is 16.7. The number of aromatic amines is 1. The highest BCUT2D eigenvalue weighted by Gasteiger charge is 2.11. The molecule has 29 heavy (non-hydrogen) atoms. The molecule has 1 aromatic carbocycles. The summed E-state index contributed by atoms with van der Waals surface area (Å²) in [6, 6.07) is 9.22. The van der Waals surface area contributed by atoms with Crippen LogP contribution in [0.15, 0.2) is 40.2 Å². The number of esters is 1. The maximum Gasteiger partial charge on any atom is 0.338 e. The van der Waals surface area contributed by atoms with Gasteiger partial charge in [0.05, 0.1) is 18.4 Å². The average molecular weight is 394 g/mol. The van der Waals surface area contributed by atoms with Crippen molar-refractivity contribution in [3.05, 3.63) is 68.9 Å². The molecule has 0 spiro atoms. The lowest BCUT2D eigenvalue weighted by atomic mass is 10.2. The van der Waals surface area contributed by atoms with Gasteiger partial charge in [-0.3, -0.25) is 9.78 Å². The Hall–Kier alpha value is -3.75. The zero-order valence-corrected chi connectivity index (χ0v) is 16.7. The Bertz CT molecular complexity index is 1110. The van der Waals surface area contributed by atoms with E-state index in [1.807, 2.05) is 32.0 Å². The molecule has 0 aliphatic carbocycles. The third-order valence-electron chi connectivity index (χ3n) is 4.34. The van der Waals surface area contributed by atoms with E-state index in [0.717, 1.165) is 22.6 Å². The molecule has 0 fully saturated rings. The lowest BCUT2D eigenvalue weighted by molar-refractivity contribution is 0.0526. The average Bonchev–Trinajstić information content (AvgIpc) is 2.98. The summed E-state index contributed by atoms with van der Waals surface area (Å²) in [7, 11) is 0. The number of nitrogens with zero attached hydrogens (tertiary/aromatic N) is 4. The number of ether oxygens (including phenoxy) is 1. The van der Waals surface area contributed by atoms with Crippen molar-refractivity contribution in [3.8, 4) is 5.69 Å². The molecule has 2 heterocycles. The Labute approximate surface area is 167 Å². The van der Waals surface area contributed by atoms with Crippen molar-refractivity contribution in [3.63, 3.8) is 0 Å². The fourth-order valence-corrected chi connectivity index (χ4v) is 2.88. The summed E-state index contributed by atoms with van der Waals surface area (Å²) in [5.41, 5.74) is 6.95. The van der Waals surface area contributed by atoms with Crippen molar-refractivity contribution in [2.24, 2.45) is 5.10 Å². The number of hydrogen-bond donors (Lipinski definition) is 2. The highest BCUT2D eigenvalue weighted by Crippen LogP contribution is 2.20. The van der Waals surface area contributed by atoms with Crippen LogP contribution in [-0.2, 0) is 4.74 Å². The Balaban J connectivity index is 1.80. The molecule has 9 nitrogen and oxygen atoms in total. The van der Waals surface area contributed by atoms with Gasteiger partial charge >= 0.3 is 5.97 Å². The number of carbonyl (C=O) groups excluding carboxylic acids is 1. The van der Waals surface area contributed by atoms with Crippen LogP contribution in [0.25, 0.3) is 5.69 Å². The fraction of sp³-hybridized carbons (Fsp3) is 0.250. The predicted molar refractivity (Wildman–Crippen MR) is 110 cm³/mol. The summed E-state index contributed by atoms with van der Waals surface area (Å²) in [6.07, 6.45) is 1.64. The molecule has 0 saturated carbocycles. The second-order valence-corrected chi connectivity index (χ2v) is 6.39. The highest BCUT2D eigenvalue weighted by molar-refractivity contribution is 5.89. The molecule has 0 saturated heterocycles. The second-order valence-electron chi connectivity index (χ2n) is 6.39. The Morgan fingerprint density at radius 2 is 1.97 bits per heavy atom. The number of carbonyl (C=O) groups is 1. The van der Waals surface area contributed by atoms with Crippen LogP contribution in [-0.4, -0.2) is 38.5 Å². The Morgan fingerprint density at radius 1 is 1.24 bits per heavy atom. The molecule has 3 aromatic rings. The van der Waals surface area contributed by atoms with Crippen molar-refractivity contribution >= 4 is 18.1 Å². The van der Waals surface area contributed by atoms with Crippen LogP contribution < -0.4 is 11.0 Å². The van der Waals surface area contributed by atoms with Crippen molar-refractivity contribution in [1.82, 2.24) is 19.7 Å². The smallest absolute Gasteiger partial charge is 0.338 e. The van der Waals surface area contributed by atoms with Crippen LogP contribution in [0.3, 0.4) is 0 Å². The van der Waals surface area contributed by atoms with Crippen molar-refractivity contribution < 1.29 is 9.53 Å². The van der Waals surface area contributed by atoms with Gasteiger partial charge in [0.15, 0.2) is 0 Å². The van der Waals surface area contributed by atoms with Gasteiger partial charge in [-0.2, -0.15) is 5.10 Å². The van der Waals surface area contributed by atoms with Gasteiger partial charge in [-0.25, -0.2) is 10.2 Å². The minimum Gasteiger partial charge on any atom is -0.462 e. The van der Waals surface area contributed by atoms with Gasteiger partial charge in [0.25, 0.3) is 5.56 Å². The van der Waals surface area contributed by atoms with E-state index < -0.39 is 0 Å². The van der Waals surface area contributed by atoms with Crippen LogP contribution in [0, 0.1) is 20.8 Å². The number of nitrogens with one attached hydrogen (secondary N) is 2. The normalized spacial score (nSPS) is 11.0. The Kier molecular flexibility index (Phi) is 5.87. The van der Waals surface area contributed by atoms with Crippen LogP contribution in [0.4, 0.5) is 5.95 Å². The molecule has 0 atom stereocenters. The van der Waals surface area contributed by atoms with Gasteiger partial charge in [-0.05, 0) is 58.0 Å². The molecule has 0 unspecified atom stereocenters. The molecule has 0 aliphatic heterocycles. The summed E-state index contributed by atoms with van der Waals surface area (Å²) < 4.78 is 7.08. The lowest BCUT2D eigenvalue weighted by Crippen LogP contribution is -2.15. The van der Waals surface area contributed by atoms with Gasteiger partial charge in [0, 0.05) is 22.6 Å². The first-order chi connectivity index (χ1) is 13.9. The van der Waals surface area contributed by atoms with E-state index in [9.17, 15) is 9.59 Å². The topological polar surface area (TPSA) is 114 Å². The maximum atomic E-state index is 11.8. The van der Waals surface area contributed by atoms with Gasteiger partial charge in [-0.15, -0.1) is 10.2 Å². The molecule has 0 amide bonds. The van der Waals surface area contributed by atoms with Gasteiger partial charge in [0.1, 0.15) is 5.69 Å². The SMILES string of the molecule is CCOC(=O)c1ccc(-n2c(C)cc(/C=N\Nc3nnc(C)c(=O)[nH]3)c2C)cc1.